The summed E-state index contributed by atoms with van der Waals surface area (Å²) < 4.78 is 13.9. The van der Waals surface area contributed by atoms with E-state index in [-0.39, 0.29) is 0 Å². The van der Waals surface area contributed by atoms with Gasteiger partial charge in [0.15, 0.2) is 11.6 Å². The molecule has 5 heteroatoms. The number of aromatic nitrogens is 2. The molecule has 1 rings (SSSR count). The molecule has 0 aliphatic carbocycles. The van der Waals surface area contributed by atoms with Gasteiger partial charge in [0.25, 0.3) is 0 Å². The number of nitriles is 1. The molecule has 0 unspecified atom stereocenters. The molecule has 17 heavy (non-hydrogen) atoms. The fraction of sp³-hybridized carbons (Fsp3) is 0.583. The van der Waals surface area contributed by atoms with Crippen molar-refractivity contribution in [2.45, 2.75) is 27.2 Å². The van der Waals surface area contributed by atoms with E-state index in [9.17, 15) is 4.39 Å². The van der Waals surface area contributed by atoms with Crippen LogP contribution in [-0.4, -0.2) is 23.1 Å². The number of rotatable bonds is 5. The zero-order chi connectivity index (χ0) is 12.8. The molecule has 0 aromatic carbocycles. The van der Waals surface area contributed by atoms with E-state index >= 15 is 0 Å². The van der Waals surface area contributed by atoms with Crippen molar-refractivity contribution in [2.24, 2.45) is 5.92 Å². The van der Waals surface area contributed by atoms with Gasteiger partial charge in [-0.3, -0.25) is 0 Å². The van der Waals surface area contributed by atoms with Crippen molar-refractivity contribution in [3.8, 4) is 6.07 Å². The van der Waals surface area contributed by atoms with Crippen LogP contribution in [0.5, 0.6) is 0 Å². The van der Waals surface area contributed by atoms with Gasteiger partial charge in [0.2, 0.25) is 0 Å². The maximum absolute atomic E-state index is 13.9. The molecule has 0 radical (unpaired) electrons. The topological polar surface area (TPSA) is 52.8 Å². The van der Waals surface area contributed by atoms with Gasteiger partial charge in [-0.25, -0.2) is 14.4 Å². The second-order valence-corrected chi connectivity index (χ2v) is 4.34. The Kier molecular flexibility index (Phi) is 4.83. The van der Waals surface area contributed by atoms with Crippen LogP contribution in [0.25, 0.3) is 0 Å². The maximum atomic E-state index is 13.9. The predicted molar refractivity (Wildman–Crippen MR) is 64.0 cm³/mol. The van der Waals surface area contributed by atoms with Gasteiger partial charge in [0.05, 0.1) is 18.2 Å². The zero-order valence-electron chi connectivity index (χ0n) is 10.4. The highest BCUT2D eigenvalue weighted by molar-refractivity contribution is 5.40. The molecule has 1 aromatic rings. The lowest BCUT2D eigenvalue weighted by atomic mass is 10.2. The van der Waals surface area contributed by atoms with Crippen molar-refractivity contribution in [3.05, 3.63) is 17.8 Å². The highest BCUT2D eigenvalue weighted by Gasteiger charge is 2.16. The predicted octanol–water partition coefficient (Wildman–Crippen LogP) is 2.30. The Hall–Kier alpha value is -1.70. The van der Waals surface area contributed by atoms with Gasteiger partial charge in [-0.1, -0.05) is 13.8 Å². The van der Waals surface area contributed by atoms with Crippen LogP contribution in [0.2, 0.25) is 0 Å². The van der Waals surface area contributed by atoms with Gasteiger partial charge in [0.1, 0.15) is 6.33 Å². The van der Waals surface area contributed by atoms with Crippen molar-refractivity contribution in [2.75, 3.05) is 18.0 Å². The zero-order valence-corrected chi connectivity index (χ0v) is 10.4. The normalized spacial score (nSPS) is 10.4. The van der Waals surface area contributed by atoms with Crippen LogP contribution in [0, 0.1) is 30.0 Å². The Morgan fingerprint density at radius 1 is 1.47 bits per heavy atom. The molecular formula is C12H17FN4. The summed E-state index contributed by atoms with van der Waals surface area (Å²) in [5.74, 6) is 0.274. The Morgan fingerprint density at radius 3 is 2.76 bits per heavy atom. The molecule has 0 fully saturated rings. The summed E-state index contributed by atoms with van der Waals surface area (Å²) in [5, 5.41) is 8.62. The highest BCUT2D eigenvalue weighted by atomic mass is 19.1. The second kappa shape index (κ2) is 6.14. The van der Waals surface area contributed by atoms with Crippen molar-refractivity contribution in [3.63, 3.8) is 0 Å². The summed E-state index contributed by atoms with van der Waals surface area (Å²) in [6, 6.07) is 2.07. The van der Waals surface area contributed by atoms with E-state index in [1.807, 2.05) is 13.8 Å². The van der Waals surface area contributed by atoms with E-state index in [0.29, 0.717) is 36.9 Å². The molecule has 0 saturated carbocycles. The minimum Gasteiger partial charge on any atom is -0.353 e. The first kappa shape index (κ1) is 13.4. The number of anilines is 1. The molecule has 92 valence electrons. The van der Waals surface area contributed by atoms with E-state index < -0.39 is 5.82 Å². The summed E-state index contributed by atoms with van der Waals surface area (Å²) in [4.78, 5) is 9.58. The molecule has 0 spiro atoms. The number of nitrogens with zero attached hydrogens (tertiary/aromatic N) is 4. The Bertz CT molecular complexity index is 411. The fourth-order valence-corrected chi connectivity index (χ4v) is 1.58. The Morgan fingerprint density at radius 2 is 2.18 bits per heavy atom. The second-order valence-electron chi connectivity index (χ2n) is 4.34. The summed E-state index contributed by atoms with van der Waals surface area (Å²) >= 11 is 0. The lowest BCUT2D eigenvalue weighted by molar-refractivity contribution is 0.563. The summed E-state index contributed by atoms with van der Waals surface area (Å²) in [6.45, 7) is 6.87. The lowest BCUT2D eigenvalue weighted by Crippen LogP contribution is -2.30. The third-order valence-electron chi connectivity index (χ3n) is 2.32. The first-order valence-electron chi connectivity index (χ1n) is 5.65. The molecule has 4 nitrogen and oxygen atoms in total. The van der Waals surface area contributed by atoms with Gasteiger partial charge in [-0.2, -0.15) is 5.26 Å². The van der Waals surface area contributed by atoms with E-state index in [4.69, 9.17) is 5.26 Å². The Labute approximate surface area is 101 Å². The first-order valence-corrected chi connectivity index (χ1v) is 5.65. The SMILES string of the molecule is Cc1ncnc(N(CCC#N)CC(C)C)c1F. The fourth-order valence-electron chi connectivity index (χ4n) is 1.58. The van der Waals surface area contributed by atoms with Crippen molar-refractivity contribution >= 4 is 5.82 Å². The van der Waals surface area contributed by atoms with Crippen LogP contribution in [0.1, 0.15) is 26.0 Å². The molecule has 0 atom stereocenters. The van der Waals surface area contributed by atoms with Crippen LogP contribution in [0.3, 0.4) is 0 Å². The monoisotopic (exact) mass is 236 g/mol. The third-order valence-corrected chi connectivity index (χ3v) is 2.32. The average Bonchev–Trinajstić information content (AvgIpc) is 2.28. The third kappa shape index (κ3) is 3.66. The molecule has 1 heterocycles. The van der Waals surface area contributed by atoms with Crippen molar-refractivity contribution < 1.29 is 4.39 Å². The summed E-state index contributed by atoms with van der Waals surface area (Å²) in [5.41, 5.74) is 0.334. The van der Waals surface area contributed by atoms with E-state index in [1.54, 1.807) is 11.8 Å². The van der Waals surface area contributed by atoms with Crippen LogP contribution in [0.4, 0.5) is 10.2 Å². The van der Waals surface area contributed by atoms with Crippen molar-refractivity contribution in [1.82, 2.24) is 9.97 Å². The minimum atomic E-state index is -0.397. The maximum Gasteiger partial charge on any atom is 0.186 e. The van der Waals surface area contributed by atoms with Crippen LogP contribution >= 0.6 is 0 Å². The smallest absolute Gasteiger partial charge is 0.186 e. The van der Waals surface area contributed by atoms with E-state index in [0.717, 1.165) is 0 Å². The summed E-state index contributed by atoms with van der Waals surface area (Å²) in [7, 11) is 0. The molecular weight excluding hydrogens is 219 g/mol. The first-order chi connectivity index (χ1) is 8.06. The molecule has 0 amide bonds. The van der Waals surface area contributed by atoms with Gasteiger partial charge >= 0.3 is 0 Å². The van der Waals surface area contributed by atoms with Gasteiger partial charge in [0, 0.05) is 13.1 Å². The molecule has 0 aliphatic heterocycles. The molecule has 0 N–H and O–H groups in total. The molecule has 0 bridgehead atoms. The number of aryl methyl sites for hydroxylation is 1. The van der Waals surface area contributed by atoms with E-state index in [2.05, 4.69) is 16.0 Å². The van der Waals surface area contributed by atoms with Gasteiger partial charge in [-0.15, -0.1) is 0 Å². The highest BCUT2D eigenvalue weighted by Crippen LogP contribution is 2.18. The van der Waals surface area contributed by atoms with Crippen LogP contribution in [-0.2, 0) is 0 Å². The van der Waals surface area contributed by atoms with Crippen molar-refractivity contribution in [1.29, 1.82) is 5.26 Å². The Balaban J connectivity index is 2.95. The number of halogens is 1. The largest absolute Gasteiger partial charge is 0.353 e. The molecule has 0 aliphatic rings. The molecule has 1 aromatic heterocycles. The quantitative estimate of drug-likeness (QED) is 0.787. The van der Waals surface area contributed by atoms with Gasteiger partial charge in [-0.05, 0) is 12.8 Å². The number of hydrogen-bond donors (Lipinski definition) is 0. The average molecular weight is 236 g/mol. The lowest BCUT2D eigenvalue weighted by Gasteiger charge is -2.25. The number of hydrogen-bond acceptors (Lipinski definition) is 4. The standard InChI is InChI=1S/C12H17FN4/c1-9(2)7-17(6-4-5-14)12-11(13)10(3)15-8-16-12/h8-9H,4,6-7H2,1-3H3. The summed E-state index contributed by atoms with van der Waals surface area (Å²) in [6.07, 6.45) is 1.71. The van der Waals surface area contributed by atoms with Gasteiger partial charge < -0.3 is 4.90 Å². The van der Waals surface area contributed by atoms with Crippen LogP contribution in [0.15, 0.2) is 6.33 Å². The molecule has 0 saturated heterocycles. The minimum absolute atomic E-state index is 0.293. The van der Waals surface area contributed by atoms with E-state index in [1.165, 1.54) is 6.33 Å². The van der Waals surface area contributed by atoms with Crippen LogP contribution < -0.4 is 4.90 Å².